The van der Waals surface area contributed by atoms with E-state index in [2.05, 4.69) is 33.4 Å². The maximum atomic E-state index is 11.8. The Bertz CT molecular complexity index is 454. The van der Waals surface area contributed by atoms with Crippen LogP contribution in [-0.4, -0.2) is 5.91 Å². The predicted molar refractivity (Wildman–Crippen MR) is 74.0 cm³/mol. The van der Waals surface area contributed by atoms with Crippen LogP contribution in [0, 0.1) is 12.8 Å². The van der Waals surface area contributed by atoms with E-state index in [1.807, 2.05) is 25.1 Å². The Balaban J connectivity index is 1.93. The molecular formula is C14H16BrNO. The average Bonchev–Trinajstić information content (AvgIpc) is 2.76. The molecule has 0 radical (unpaired) electrons. The number of benzene rings is 1. The molecule has 17 heavy (non-hydrogen) atoms. The highest BCUT2D eigenvalue weighted by Crippen LogP contribution is 2.23. The molecule has 1 aliphatic carbocycles. The smallest absolute Gasteiger partial charge is 0.224 e. The average molecular weight is 294 g/mol. The van der Waals surface area contributed by atoms with E-state index in [9.17, 15) is 4.79 Å². The Kier molecular flexibility index (Phi) is 4.00. The molecule has 1 aliphatic rings. The summed E-state index contributed by atoms with van der Waals surface area (Å²) in [4.78, 5) is 11.8. The molecule has 0 aromatic heterocycles. The minimum absolute atomic E-state index is 0.0947. The molecule has 2 rings (SSSR count). The number of carbonyl (C=O) groups is 1. The highest BCUT2D eigenvalue weighted by molar-refractivity contribution is 9.10. The van der Waals surface area contributed by atoms with Gasteiger partial charge in [0, 0.05) is 16.6 Å². The van der Waals surface area contributed by atoms with Crippen molar-refractivity contribution in [3.63, 3.8) is 0 Å². The standard InChI is InChI=1S/C14H16BrNO/c1-10-6-7-12(9-13(10)15)16-14(17)8-11-4-2-3-5-11/h2,4,6-7,9,11H,3,5,8H2,1H3,(H,16,17). The maximum Gasteiger partial charge on any atom is 0.224 e. The van der Waals surface area contributed by atoms with Crippen molar-refractivity contribution < 1.29 is 4.79 Å². The lowest BCUT2D eigenvalue weighted by Crippen LogP contribution is -2.14. The van der Waals surface area contributed by atoms with Gasteiger partial charge < -0.3 is 5.32 Å². The zero-order chi connectivity index (χ0) is 12.3. The van der Waals surface area contributed by atoms with Crippen LogP contribution in [0.25, 0.3) is 0 Å². The molecule has 0 fully saturated rings. The van der Waals surface area contributed by atoms with Crippen molar-refractivity contribution in [1.82, 2.24) is 0 Å². The molecule has 0 bridgehead atoms. The van der Waals surface area contributed by atoms with Gasteiger partial charge in [-0.2, -0.15) is 0 Å². The first-order valence-electron chi connectivity index (χ1n) is 5.88. The molecule has 0 aliphatic heterocycles. The molecule has 1 amide bonds. The Morgan fingerprint density at radius 3 is 3.00 bits per heavy atom. The monoisotopic (exact) mass is 293 g/mol. The minimum atomic E-state index is 0.0947. The number of anilines is 1. The zero-order valence-electron chi connectivity index (χ0n) is 9.87. The van der Waals surface area contributed by atoms with Gasteiger partial charge >= 0.3 is 0 Å². The predicted octanol–water partition coefficient (Wildman–Crippen LogP) is 4.05. The molecule has 0 saturated heterocycles. The van der Waals surface area contributed by atoms with Gasteiger partial charge in [0.05, 0.1) is 0 Å². The topological polar surface area (TPSA) is 29.1 Å². The summed E-state index contributed by atoms with van der Waals surface area (Å²) >= 11 is 3.46. The maximum absolute atomic E-state index is 11.8. The molecular weight excluding hydrogens is 278 g/mol. The summed E-state index contributed by atoms with van der Waals surface area (Å²) in [6.07, 6.45) is 7.09. The van der Waals surface area contributed by atoms with E-state index >= 15 is 0 Å². The molecule has 1 N–H and O–H groups in total. The molecule has 1 atom stereocenters. The summed E-state index contributed by atoms with van der Waals surface area (Å²) in [5.74, 6) is 0.515. The summed E-state index contributed by atoms with van der Waals surface area (Å²) < 4.78 is 1.02. The molecule has 1 aromatic rings. The van der Waals surface area contributed by atoms with E-state index < -0.39 is 0 Å². The number of halogens is 1. The molecule has 2 nitrogen and oxygen atoms in total. The van der Waals surface area contributed by atoms with Gasteiger partial charge in [0.25, 0.3) is 0 Å². The molecule has 0 spiro atoms. The van der Waals surface area contributed by atoms with Crippen LogP contribution < -0.4 is 5.32 Å². The number of nitrogens with one attached hydrogen (secondary N) is 1. The lowest BCUT2D eigenvalue weighted by atomic mass is 10.1. The van der Waals surface area contributed by atoms with Crippen molar-refractivity contribution in [2.75, 3.05) is 5.32 Å². The highest BCUT2D eigenvalue weighted by atomic mass is 79.9. The fourth-order valence-corrected chi connectivity index (χ4v) is 2.36. The Morgan fingerprint density at radius 2 is 2.35 bits per heavy atom. The summed E-state index contributed by atoms with van der Waals surface area (Å²) in [5.41, 5.74) is 2.02. The summed E-state index contributed by atoms with van der Waals surface area (Å²) in [7, 11) is 0. The number of hydrogen-bond donors (Lipinski definition) is 1. The minimum Gasteiger partial charge on any atom is -0.326 e. The van der Waals surface area contributed by atoms with Crippen molar-refractivity contribution in [3.05, 3.63) is 40.4 Å². The van der Waals surface area contributed by atoms with E-state index in [1.54, 1.807) is 0 Å². The zero-order valence-corrected chi connectivity index (χ0v) is 11.5. The highest BCUT2D eigenvalue weighted by Gasteiger charge is 2.14. The van der Waals surface area contributed by atoms with Crippen LogP contribution in [0.2, 0.25) is 0 Å². The van der Waals surface area contributed by atoms with E-state index in [1.165, 1.54) is 5.56 Å². The number of rotatable bonds is 3. The van der Waals surface area contributed by atoms with Crippen LogP contribution >= 0.6 is 15.9 Å². The van der Waals surface area contributed by atoms with E-state index in [4.69, 9.17) is 0 Å². The van der Waals surface area contributed by atoms with Gasteiger partial charge in [0.2, 0.25) is 5.91 Å². The first-order chi connectivity index (χ1) is 8.15. The third kappa shape index (κ3) is 3.43. The van der Waals surface area contributed by atoms with E-state index in [-0.39, 0.29) is 5.91 Å². The van der Waals surface area contributed by atoms with Crippen LogP contribution in [0.5, 0.6) is 0 Å². The Labute approximate surface area is 110 Å². The van der Waals surface area contributed by atoms with Crippen LogP contribution in [0.3, 0.4) is 0 Å². The molecule has 1 unspecified atom stereocenters. The fraction of sp³-hybridized carbons (Fsp3) is 0.357. The molecule has 0 heterocycles. The summed E-state index contributed by atoms with van der Waals surface area (Å²) in [6.45, 7) is 2.03. The van der Waals surface area contributed by atoms with Crippen molar-refractivity contribution in [3.8, 4) is 0 Å². The van der Waals surface area contributed by atoms with Crippen molar-refractivity contribution in [2.45, 2.75) is 26.2 Å². The number of allylic oxidation sites excluding steroid dienone is 2. The Morgan fingerprint density at radius 1 is 1.53 bits per heavy atom. The second-order valence-corrected chi connectivity index (χ2v) is 5.34. The van der Waals surface area contributed by atoms with Gasteiger partial charge in [-0.05, 0) is 43.4 Å². The van der Waals surface area contributed by atoms with Crippen molar-refractivity contribution >= 4 is 27.5 Å². The SMILES string of the molecule is Cc1ccc(NC(=O)CC2C=CCC2)cc1Br. The second-order valence-electron chi connectivity index (χ2n) is 4.48. The van der Waals surface area contributed by atoms with Crippen LogP contribution in [-0.2, 0) is 4.79 Å². The van der Waals surface area contributed by atoms with E-state index in [0.29, 0.717) is 12.3 Å². The van der Waals surface area contributed by atoms with E-state index in [0.717, 1.165) is 23.0 Å². The third-order valence-corrected chi connectivity index (χ3v) is 3.87. The molecule has 90 valence electrons. The number of carbonyl (C=O) groups excluding carboxylic acids is 1. The first kappa shape index (κ1) is 12.4. The lowest BCUT2D eigenvalue weighted by Gasteiger charge is -2.09. The van der Waals surface area contributed by atoms with Gasteiger partial charge in [-0.15, -0.1) is 0 Å². The molecule has 1 aromatic carbocycles. The number of hydrogen-bond acceptors (Lipinski definition) is 1. The lowest BCUT2D eigenvalue weighted by molar-refractivity contribution is -0.116. The molecule has 3 heteroatoms. The van der Waals surface area contributed by atoms with Gasteiger partial charge in [0.15, 0.2) is 0 Å². The van der Waals surface area contributed by atoms with Crippen molar-refractivity contribution in [1.29, 1.82) is 0 Å². The van der Waals surface area contributed by atoms with Crippen LogP contribution in [0.15, 0.2) is 34.8 Å². The van der Waals surface area contributed by atoms with Gasteiger partial charge in [-0.1, -0.05) is 34.1 Å². The number of aryl methyl sites for hydroxylation is 1. The summed E-state index contributed by atoms with van der Waals surface area (Å²) in [6, 6.07) is 5.87. The number of amides is 1. The van der Waals surface area contributed by atoms with Gasteiger partial charge in [-0.25, -0.2) is 0 Å². The summed E-state index contributed by atoms with van der Waals surface area (Å²) in [5, 5.41) is 2.93. The quantitative estimate of drug-likeness (QED) is 0.837. The normalized spacial score (nSPS) is 18.4. The Hall–Kier alpha value is -1.09. The second kappa shape index (κ2) is 5.50. The fourth-order valence-electron chi connectivity index (χ4n) is 1.99. The van der Waals surface area contributed by atoms with Crippen molar-refractivity contribution in [2.24, 2.45) is 5.92 Å². The van der Waals surface area contributed by atoms with Gasteiger partial charge in [0.1, 0.15) is 0 Å². The third-order valence-electron chi connectivity index (χ3n) is 3.02. The molecule has 0 saturated carbocycles. The van der Waals surface area contributed by atoms with Gasteiger partial charge in [-0.3, -0.25) is 4.79 Å². The first-order valence-corrected chi connectivity index (χ1v) is 6.67. The van der Waals surface area contributed by atoms with Crippen LogP contribution in [0.1, 0.15) is 24.8 Å². The van der Waals surface area contributed by atoms with Crippen LogP contribution in [0.4, 0.5) is 5.69 Å². The largest absolute Gasteiger partial charge is 0.326 e.